The molecule has 12 heteroatoms. The number of methoxy groups -OCH3 is 1. The Balaban J connectivity index is 1.28. The molecule has 43 heavy (non-hydrogen) atoms. The molecular formula is C31H40N6O6. The number of ether oxygens (including phenoxy) is 3. The molecule has 0 amide bonds. The molecule has 6 atom stereocenters. The highest BCUT2D eigenvalue weighted by atomic mass is 16.5. The van der Waals surface area contributed by atoms with Gasteiger partial charge < -0.3 is 18.7 Å². The Morgan fingerprint density at radius 2 is 1.93 bits per heavy atom. The molecule has 0 N–H and O–H groups in total. The molecule has 2 saturated heterocycles. The highest BCUT2D eigenvalue weighted by Crippen LogP contribution is 2.55. The van der Waals surface area contributed by atoms with E-state index in [1.807, 2.05) is 6.92 Å². The molecule has 3 aliphatic carbocycles. The molecule has 3 aromatic rings. The van der Waals surface area contributed by atoms with E-state index >= 15 is 0 Å². The Bertz CT molecular complexity index is 1680. The van der Waals surface area contributed by atoms with E-state index in [9.17, 15) is 9.59 Å². The molecule has 2 saturated carbocycles. The van der Waals surface area contributed by atoms with E-state index in [1.54, 1.807) is 23.3 Å². The lowest BCUT2D eigenvalue weighted by Crippen LogP contribution is -2.41. The summed E-state index contributed by atoms with van der Waals surface area (Å²) in [5.41, 5.74) is 1.61. The third kappa shape index (κ3) is 3.88. The summed E-state index contributed by atoms with van der Waals surface area (Å²) in [6.45, 7) is 3.98. The van der Waals surface area contributed by atoms with Crippen LogP contribution in [0.5, 0.6) is 5.88 Å². The summed E-state index contributed by atoms with van der Waals surface area (Å²) in [6.07, 6.45) is 7.36. The Morgan fingerprint density at radius 3 is 2.65 bits per heavy atom. The first-order chi connectivity index (χ1) is 20.8. The zero-order chi connectivity index (χ0) is 29.7. The number of aryl methyl sites for hydroxylation is 1. The smallest absolute Gasteiger partial charge is 0.330 e. The molecule has 1 spiro atoms. The summed E-state index contributed by atoms with van der Waals surface area (Å²) >= 11 is 0. The number of aromatic nitrogens is 5. The van der Waals surface area contributed by atoms with Crippen molar-refractivity contribution in [2.45, 2.75) is 93.9 Å². The first kappa shape index (κ1) is 27.5. The van der Waals surface area contributed by atoms with Gasteiger partial charge in [-0.25, -0.2) is 9.78 Å². The van der Waals surface area contributed by atoms with Gasteiger partial charge in [0.15, 0.2) is 11.2 Å². The van der Waals surface area contributed by atoms with Crippen molar-refractivity contribution in [2.24, 2.45) is 13.0 Å². The van der Waals surface area contributed by atoms with Crippen LogP contribution in [-0.4, -0.2) is 87.1 Å². The van der Waals surface area contributed by atoms with Gasteiger partial charge in [-0.05, 0) is 58.9 Å². The number of imidazole rings is 1. The highest BCUT2D eigenvalue weighted by Gasteiger charge is 2.62. The summed E-state index contributed by atoms with van der Waals surface area (Å²) in [4.78, 5) is 39.4. The number of hydrogen-bond donors (Lipinski definition) is 0. The molecule has 0 radical (unpaired) electrons. The third-order valence-electron chi connectivity index (χ3n) is 11.2. The van der Waals surface area contributed by atoms with E-state index in [2.05, 4.69) is 17.1 Å². The second-order valence-corrected chi connectivity index (χ2v) is 13.5. The van der Waals surface area contributed by atoms with Gasteiger partial charge in [-0.1, -0.05) is 11.6 Å². The maximum atomic E-state index is 13.9. The molecule has 5 heterocycles. The summed E-state index contributed by atoms with van der Waals surface area (Å²) in [5, 5.41) is 4.54. The number of likely N-dealkylation sites (N-methyl/N-ethyl adjacent to an activating group) is 1. The lowest BCUT2D eigenvalue weighted by atomic mass is 9.64. The monoisotopic (exact) mass is 592 g/mol. The summed E-state index contributed by atoms with van der Waals surface area (Å²) in [5.74, 6) is 1.70. The largest absolute Gasteiger partial charge is 0.471 e. The van der Waals surface area contributed by atoms with Gasteiger partial charge in [0.05, 0.1) is 30.3 Å². The van der Waals surface area contributed by atoms with Crippen molar-refractivity contribution in [2.75, 3.05) is 33.9 Å². The van der Waals surface area contributed by atoms with Crippen LogP contribution in [-0.2, 0) is 38.7 Å². The fourth-order valence-corrected chi connectivity index (χ4v) is 8.61. The topological polar surface area (TPSA) is 127 Å². The second kappa shape index (κ2) is 9.70. The van der Waals surface area contributed by atoms with E-state index in [0.29, 0.717) is 48.3 Å². The highest BCUT2D eigenvalue weighted by molar-refractivity contribution is 5.91. The quantitative estimate of drug-likeness (QED) is 0.422. The predicted molar refractivity (Wildman–Crippen MR) is 155 cm³/mol. The molecule has 0 bridgehead atoms. The van der Waals surface area contributed by atoms with Gasteiger partial charge in [-0.15, -0.1) is 0 Å². The number of carbonyl (C=O) groups is 1. The number of rotatable bonds is 6. The molecule has 12 nitrogen and oxygen atoms in total. The number of ketones is 1. The van der Waals surface area contributed by atoms with Gasteiger partial charge in [0.25, 0.3) is 0 Å². The Hall–Kier alpha value is -3.09. The van der Waals surface area contributed by atoms with Gasteiger partial charge in [0, 0.05) is 44.6 Å². The minimum Gasteiger partial charge on any atom is -0.471 e. The van der Waals surface area contributed by atoms with Gasteiger partial charge in [-0.2, -0.15) is 4.98 Å². The lowest BCUT2D eigenvalue weighted by Gasteiger charge is -2.37. The first-order valence-electron chi connectivity index (χ1n) is 15.8. The van der Waals surface area contributed by atoms with Gasteiger partial charge in [0.1, 0.15) is 17.6 Å². The van der Waals surface area contributed by atoms with Crippen LogP contribution in [0, 0.1) is 5.92 Å². The van der Waals surface area contributed by atoms with E-state index < -0.39 is 11.0 Å². The number of Topliss-reactive ketones (excluding diaryl/α,β-unsaturated/α-hetero) is 1. The standard InChI is InChI=1S/C31H40N6O6/c1-17(21-12-19(40-4)14-35(21)2)42-28-23-27(37(29(39)36(23)3)31-13-18(31)15-41-16-31)32-26(33-28)24-20-8-7-11-30(25(20)34-43-24)10-6-5-9-22(30)38/h17-19,21H,5-16H2,1-4H3/t17-,18-,19+,21-,30+,31-/m0/s1. The van der Waals surface area contributed by atoms with Crippen LogP contribution in [0.25, 0.3) is 22.7 Å². The van der Waals surface area contributed by atoms with E-state index in [0.717, 1.165) is 69.2 Å². The maximum Gasteiger partial charge on any atom is 0.330 e. The van der Waals surface area contributed by atoms with Crippen molar-refractivity contribution in [1.29, 1.82) is 0 Å². The van der Waals surface area contributed by atoms with Crippen LogP contribution >= 0.6 is 0 Å². The lowest BCUT2D eigenvalue weighted by molar-refractivity contribution is -0.127. The molecule has 0 unspecified atom stereocenters. The SMILES string of the molecule is CO[C@@H]1C[C@@H]([C@H](C)Oc2nc(-c3onc4c3CCC[C@@]43CCCCC3=O)nc3c2n(C)c(=O)n3[C@@]23COC[C@@H]2C3)N(C)C1. The number of hydrogen-bond acceptors (Lipinski definition) is 10. The predicted octanol–water partition coefficient (Wildman–Crippen LogP) is 2.73. The van der Waals surface area contributed by atoms with Crippen molar-refractivity contribution in [3.63, 3.8) is 0 Å². The van der Waals surface area contributed by atoms with Crippen molar-refractivity contribution < 1.29 is 23.5 Å². The molecule has 4 fully saturated rings. The van der Waals surface area contributed by atoms with Crippen LogP contribution in [0.3, 0.4) is 0 Å². The molecule has 3 aromatic heterocycles. The Labute approximate surface area is 249 Å². The molecule has 0 aromatic carbocycles. The molecule has 8 rings (SSSR count). The second-order valence-electron chi connectivity index (χ2n) is 13.5. The minimum absolute atomic E-state index is 0.113. The van der Waals surface area contributed by atoms with E-state index in [1.165, 1.54) is 0 Å². The number of likely N-dealkylation sites (tertiary alicyclic amines) is 1. The average molecular weight is 593 g/mol. The Kier molecular flexibility index (Phi) is 6.20. The van der Waals surface area contributed by atoms with Gasteiger partial charge in [0.2, 0.25) is 17.5 Å². The fourth-order valence-electron chi connectivity index (χ4n) is 8.61. The number of carbonyl (C=O) groups excluding carboxylic acids is 1. The van der Waals surface area contributed by atoms with Crippen molar-refractivity contribution >= 4 is 16.9 Å². The number of fused-ring (bicyclic) bond motifs is 4. The Morgan fingerprint density at radius 1 is 1.09 bits per heavy atom. The van der Waals surface area contributed by atoms with Crippen molar-refractivity contribution in [1.82, 2.24) is 29.2 Å². The van der Waals surface area contributed by atoms with Crippen LogP contribution in [0.1, 0.15) is 69.5 Å². The third-order valence-corrected chi connectivity index (χ3v) is 11.2. The zero-order valence-corrected chi connectivity index (χ0v) is 25.4. The van der Waals surface area contributed by atoms with Crippen LogP contribution < -0.4 is 10.4 Å². The molecule has 2 aliphatic heterocycles. The van der Waals surface area contributed by atoms with Crippen molar-refractivity contribution in [3.8, 4) is 17.5 Å². The fraction of sp³-hybridized carbons (Fsp3) is 0.710. The zero-order valence-electron chi connectivity index (χ0n) is 25.4. The minimum atomic E-state index is -0.577. The number of nitrogens with zero attached hydrogens (tertiary/aromatic N) is 6. The van der Waals surface area contributed by atoms with Gasteiger partial charge >= 0.3 is 5.69 Å². The summed E-state index contributed by atoms with van der Waals surface area (Å²) in [6, 6.07) is 0.113. The maximum absolute atomic E-state index is 13.9. The molecular weight excluding hydrogens is 552 g/mol. The van der Waals surface area contributed by atoms with Gasteiger partial charge in [-0.3, -0.25) is 18.8 Å². The first-order valence-corrected chi connectivity index (χ1v) is 15.8. The van der Waals surface area contributed by atoms with Crippen LogP contribution in [0.2, 0.25) is 0 Å². The molecule has 230 valence electrons. The molecule has 5 aliphatic rings. The van der Waals surface area contributed by atoms with Crippen LogP contribution in [0.4, 0.5) is 0 Å². The summed E-state index contributed by atoms with van der Waals surface area (Å²) in [7, 11) is 5.57. The average Bonchev–Trinajstić information content (AvgIpc) is 3.42. The van der Waals surface area contributed by atoms with Crippen molar-refractivity contribution in [3.05, 3.63) is 21.7 Å². The van der Waals surface area contributed by atoms with E-state index in [4.69, 9.17) is 28.7 Å². The van der Waals surface area contributed by atoms with E-state index in [-0.39, 0.29) is 35.6 Å². The van der Waals surface area contributed by atoms with Crippen LogP contribution in [0.15, 0.2) is 9.32 Å². The normalized spacial score (nSPS) is 32.8. The summed E-state index contributed by atoms with van der Waals surface area (Å²) < 4.78 is 27.6.